The number of amides is 1. The summed E-state index contributed by atoms with van der Waals surface area (Å²) in [7, 11) is 2.41. The Morgan fingerprint density at radius 1 is 1.28 bits per heavy atom. The molecule has 2 N–H and O–H groups in total. The Hall–Kier alpha value is -2.25. The van der Waals surface area contributed by atoms with Gasteiger partial charge in [-0.2, -0.15) is 0 Å². The Kier molecular flexibility index (Phi) is 5.59. The zero-order valence-corrected chi connectivity index (χ0v) is 15.1. The molecule has 1 amide bonds. The molecule has 1 unspecified atom stereocenters. The van der Waals surface area contributed by atoms with Gasteiger partial charge in [0, 0.05) is 12.5 Å². The fraction of sp³-hybridized carbons (Fsp3) is 0.250. The van der Waals surface area contributed by atoms with Crippen molar-refractivity contribution in [1.82, 2.24) is 10.6 Å². The summed E-state index contributed by atoms with van der Waals surface area (Å²) in [5.41, 5.74) is -1.49. The molecule has 0 fully saturated rings. The second-order valence-corrected chi connectivity index (χ2v) is 5.83. The van der Waals surface area contributed by atoms with Crippen molar-refractivity contribution in [3.05, 3.63) is 51.5 Å². The number of allylic oxidation sites excluding steroid dienone is 1. The molecule has 0 radical (unpaired) electrons. The van der Waals surface area contributed by atoms with Crippen LogP contribution in [0.3, 0.4) is 0 Å². The summed E-state index contributed by atoms with van der Waals surface area (Å²) in [5, 5.41) is 5.08. The molecule has 25 heavy (non-hydrogen) atoms. The zero-order chi connectivity index (χ0) is 18.8. The molecule has 1 aliphatic rings. The van der Waals surface area contributed by atoms with Gasteiger partial charge < -0.3 is 20.1 Å². The van der Waals surface area contributed by atoms with Crippen molar-refractivity contribution in [3.63, 3.8) is 0 Å². The number of carbonyl (C=O) groups excluding carboxylic acids is 2. The van der Waals surface area contributed by atoms with Crippen molar-refractivity contribution in [3.8, 4) is 5.75 Å². The zero-order valence-electron chi connectivity index (χ0n) is 13.6. The van der Waals surface area contributed by atoms with E-state index in [4.69, 9.17) is 32.7 Å². The summed E-state index contributed by atoms with van der Waals surface area (Å²) in [4.78, 5) is 24.0. The minimum atomic E-state index is -1.78. The molecule has 2 rings (SSSR count). The van der Waals surface area contributed by atoms with Crippen molar-refractivity contribution in [2.45, 2.75) is 12.5 Å². The lowest BCUT2D eigenvalue weighted by atomic mass is 9.86. The van der Waals surface area contributed by atoms with Crippen LogP contribution in [0.15, 0.2) is 35.1 Å². The van der Waals surface area contributed by atoms with Gasteiger partial charge in [0.1, 0.15) is 0 Å². The summed E-state index contributed by atoms with van der Waals surface area (Å²) in [6.45, 7) is 1.29. The van der Waals surface area contributed by atoms with Gasteiger partial charge in [0.05, 0.1) is 30.0 Å². The highest BCUT2D eigenvalue weighted by molar-refractivity contribution is 6.36. The minimum absolute atomic E-state index is 0.0902. The van der Waals surface area contributed by atoms with E-state index in [9.17, 15) is 14.0 Å². The van der Waals surface area contributed by atoms with E-state index in [1.165, 1.54) is 39.5 Å². The number of hydrogen-bond donors (Lipinski definition) is 2. The summed E-state index contributed by atoms with van der Waals surface area (Å²) >= 11 is 12.7. The van der Waals surface area contributed by atoms with Crippen molar-refractivity contribution in [2.24, 2.45) is 0 Å². The quantitative estimate of drug-likeness (QED) is 0.775. The number of ether oxygens (including phenoxy) is 2. The van der Waals surface area contributed by atoms with Crippen LogP contribution in [0, 0.1) is 5.82 Å². The van der Waals surface area contributed by atoms with Crippen molar-refractivity contribution >= 4 is 35.1 Å². The lowest BCUT2D eigenvalue weighted by Gasteiger charge is -2.35. The predicted molar refractivity (Wildman–Crippen MR) is 90.6 cm³/mol. The fourth-order valence-electron chi connectivity index (χ4n) is 2.49. The van der Waals surface area contributed by atoms with Gasteiger partial charge in [0.15, 0.2) is 11.6 Å². The Bertz CT molecular complexity index is 795. The molecular formula is C16H15Cl2FN2O4. The maximum atomic E-state index is 13.9. The molecule has 1 heterocycles. The number of methoxy groups -OCH3 is 2. The van der Waals surface area contributed by atoms with Crippen molar-refractivity contribution in [1.29, 1.82) is 0 Å². The van der Waals surface area contributed by atoms with Crippen LogP contribution in [0.5, 0.6) is 5.75 Å². The van der Waals surface area contributed by atoms with E-state index in [1.54, 1.807) is 0 Å². The Labute approximate surface area is 153 Å². The third kappa shape index (κ3) is 3.17. The highest BCUT2D eigenvalue weighted by Gasteiger charge is 2.49. The fourth-order valence-corrected chi connectivity index (χ4v) is 3.21. The van der Waals surface area contributed by atoms with Gasteiger partial charge in [-0.25, -0.2) is 9.18 Å². The van der Waals surface area contributed by atoms with Crippen molar-refractivity contribution in [2.75, 3.05) is 14.2 Å². The van der Waals surface area contributed by atoms with E-state index in [0.29, 0.717) is 0 Å². The SMILES string of the molecule is COC(=O)C1(c2ccc(F)c(OC)c2Cl)NC=CC(NC(C)=O)=C1Cl. The van der Waals surface area contributed by atoms with Gasteiger partial charge in [-0.05, 0) is 18.3 Å². The second-order valence-electron chi connectivity index (χ2n) is 5.07. The van der Waals surface area contributed by atoms with Crippen LogP contribution in [0.2, 0.25) is 5.02 Å². The normalized spacial score (nSPS) is 19.3. The molecule has 1 aliphatic heterocycles. The Balaban J connectivity index is 2.78. The Morgan fingerprint density at radius 2 is 1.96 bits per heavy atom. The average Bonchev–Trinajstić information content (AvgIpc) is 2.57. The summed E-state index contributed by atoms with van der Waals surface area (Å²) in [5.74, 6) is -2.14. The van der Waals surface area contributed by atoms with Crippen LogP contribution >= 0.6 is 23.2 Å². The van der Waals surface area contributed by atoms with E-state index in [1.807, 2.05) is 0 Å². The first-order valence-corrected chi connectivity index (χ1v) is 7.78. The molecule has 1 aromatic rings. The van der Waals surface area contributed by atoms with E-state index in [0.717, 1.165) is 6.07 Å². The van der Waals surface area contributed by atoms with Crippen LogP contribution in [0.4, 0.5) is 4.39 Å². The van der Waals surface area contributed by atoms with E-state index in [-0.39, 0.29) is 33.0 Å². The highest BCUT2D eigenvalue weighted by atomic mass is 35.5. The molecule has 0 saturated carbocycles. The van der Waals surface area contributed by atoms with E-state index < -0.39 is 17.3 Å². The van der Waals surface area contributed by atoms with Gasteiger partial charge >= 0.3 is 5.97 Å². The van der Waals surface area contributed by atoms with Crippen LogP contribution in [0.25, 0.3) is 0 Å². The first-order valence-electron chi connectivity index (χ1n) is 7.02. The predicted octanol–water partition coefficient (Wildman–Crippen LogP) is 2.56. The minimum Gasteiger partial charge on any atom is -0.492 e. The molecule has 9 heteroatoms. The third-order valence-electron chi connectivity index (χ3n) is 3.58. The number of rotatable bonds is 4. The molecule has 1 atom stereocenters. The number of dihydropyridines is 1. The summed E-state index contributed by atoms with van der Waals surface area (Å²) in [6.07, 6.45) is 2.87. The highest BCUT2D eigenvalue weighted by Crippen LogP contribution is 2.44. The molecule has 0 aliphatic carbocycles. The number of carbonyl (C=O) groups is 2. The van der Waals surface area contributed by atoms with Gasteiger partial charge in [-0.1, -0.05) is 29.3 Å². The van der Waals surface area contributed by atoms with Crippen LogP contribution in [-0.2, 0) is 19.9 Å². The molecule has 0 bridgehead atoms. The van der Waals surface area contributed by atoms with Gasteiger partial charge in [0.2, 0.25) is 11.4 Å². The molecule has 6 nitrogen and oxygen atoms in total. The maximum Gasteiger partial charge on any atom is 0.342 e. The first-order chi connectivity index (χ1) is 11.8. The Morgan fingerprint density at radius 3 is 2.52 bits per heavy atom. The van der Waals surface area contributed by atoms with E-state index in [2.05, 4.69) is 10.6 Å². The van der Waals surface area contributed by atoms with Crippen LogP contribution in [0.1, 0.15) is 12.5 Å². The number of esters is 1. The van der Waals surface area contributed by atoms with Gasteiger partial charge in [-0.15, -0.1) is 0 Å². The lowest BCUT2D eigenvalue weighted by Crippen LogP contribution is -2.51. The first kappa shape index (κ1) is 19.1. The maximum absolute atomic E-state index is 13.9. The average molecular weight is 389 g/mol. The number of hydrogen-bond acceptors (Lipinski definition) is 5. The molecule has 0 saturated heterocycles. The van der Waals surface area contributed by atoms with Gasteiger partial charge in [0.25, 0.3) is 0 Å². The molecule has 134 valence electrons. The second kappa shape index (κ2) is 7.33. The number of benzene rings is 1. The summed E-state index contributed by atoms with van der Waals surface area (Å²) < 4.78 is 23.7. The number of nitrogens with one attached hydrogen (secondary N) is 2. The molecule has 0 aromatic heterocycles. The summed E-state index contributed by atoms with van der Waals surface area (Å²) in [6, 6.07) is 2.38. The standard InChI is InChI=1S/C16H15Cl2FN2O4/c1-8(22)21-11-6-7-20-16(14(11)18,15(23)25-3)9-4-5-10(19)13(24-2)12(9)17/h4-7,20H,1-3H3,(H,21,22). The molecule has 0 spiro atoms. The smallest absolute Gasteiger partial charge is 0.342 e. The van der Waals surface area contributed by atoms with Crippen LogP contribution < -0.4 is 15.4 Å². The molecule has 1 aromatic carbocycles. The third-order valence-corrected chi connectivity index (χ3v) is 4.44. The van der Waals surface area contributed by atoms with Crippen LogP contribution in [-0.4, -0.2) is 26.1 Å². The topological polar surface area (TPSA) is 76.7 Å². The largest absolute Gasteiger partial charge is 0.492 e. The van der Waals surface area contributed by atoms with Gasteiger partial charge in [-0.3, -0.25) is 4.79 Å². The number of halogens is 3. The van der Waals surface area contributed by atoms with E-state index >= 15 is 0 Å². The van der Waals surface area contributed by atoms with Crippen molar-refractivity contribution < 1.29 is 23.5 Å². The molecular weight excluding hydrogens is 374 g/mol. The lowest BCUT2D eigenvalue weighted by molar-refractivity contribution is -0.146. The monoisotopic (exact) mass is 388 g/mol.